The molecule has 0 spiro atoms. The minimum Gasteiger partial charge on any atom is -0.459 e. The summed E-state index contributed by atoms with van der Waals surface area (Å²) in [6, 6.07) is 13.9. The van der Waals surface area contributed by atoms with Crippen molar-refractivity contribution < 1.29 is 23.7 Å². The van der Waals surface area contributed by atoms with Crippen LogP contribution < -0.4 is 5.32 Å². The first-order chi connectivity index (χ1) is 12.9. The van der Waals surface area contributed by atoms with Crippen molar-refractivity contribution in [3.63, 3.8) is 0 Å². The van der Waals surface area contributed by atoms with Gasteiger partial charge in [-0.25, -0.2) is 4.79 Å². The van der Waals surface area contributed by atoms with Gasteiger partial charge in [0.05, 0.1) is 16.5 Å². The summed E-state index contributed by atoms with van der Waals surface area (Å²) in [5, 5.41) is 14.2. The van der Waals surface area contributed by atoms with E-state index in [1.54, 1.807) is 6.92 Å². The molecule has 0 aliphatic carbocycles. The molecule has 1 heterocycles. The Morgan fingerprint density at radius 3 is 2.56 bits per heavy atom. The number of furan rings is 1. The van der Waals surface area contributed by atoms with Gasteiger partial charge in [0.15, 0.2) is 6.61 Å². The lowest BCUT2D eigenvalue weighted by Gasteiger charge is -2.11. The topological polar surface area (TPSA) is 112 Å². The summed E-state index contributed by atoms with van der Waals surface area (Å²) < 4.78 is 10.6. The van der Waals surface area contributed by atoms with Crippen molar-refractivity contribution >= 4 is 28.5 Å². The summed E-state index contributed by atoms with van der Waals surface area (Å²) in [6.45, 7) is 1.29. The van der Waals surface area contributed by atoms with Crippen LogP contribution in [0.4, 0.5) is 5.69 Å². The number of para-hydroxylation sites is 1. The number of nitrogens with zero attached hydrogens (tertiary/aromatic N) is 1. The maximum atomic E-state index is 12.0. The van der Waals surface area contributed by atoms with Gasteiger partial charge in [-0.1, -0.05) is 18.2 Å². The van der Waals surface area contributed by atoms with Crippen molar-refractivity contribution in [3.8, 4) is 0 Å². The van der Waals surface area contributed by atoms with E-state index in [9.17, 15) is 19.7 Å². The average Bonchev–Trinajstić information content (AvgIpc) is 3.10. The fourth-order valence-electron chi connectivity index (χ4n) is 2.50. The third-order valence-electron chi connectivity index (χ3n) is 3.90. The summed E-state index contributed by atoms with van der Waals surface area (Å²) in [5.74, 6) is -0.638. The van der Waals surface area contributed by atoms with Gasteiger partial charge in [0.25, 0.3) is 11.6 Å². The molecule has 1 amide bonds. The number of fused-ring (bicyclic) bond motifs is 1. The van der Waals surface area contributed by atoms with E-state index in [0.29, 0.717) is 5.76 Å². The van der Waals surface area contributed by atoms with Crippen LogP contribution in [0.15, 0.2) is 59.0 Å². The predicted octanol–water partition coefficient (Wildman–Crippen LogP) is 3.38. The first kappa shape index (κ1) is 18.1. The van der Waals surface area contributed by atoms with E-state index in [2.05, 4.69) is 5.32 Å². The lowest BCUT2D eigenvalue weighted by Crippen LogP contribution is -2.31. The molecular weight excluding hydrogens is 352 g/mol. The minimum absolute atomic E-state index is 0.124. The van der Waals surface area contributed by atoms with Gasteiger partial charge in [0.1, 0.15) is 11.3 Å². The van der Waals surface area contributed by atoms with Crippen LogP contribution in [0.5, 0.6) is 0 Å². The molecule has 1 aromatic heterocycles. The Hall–Kier alpha value is -3.68. The highest BCUT2D eigenvalue weighted by atomic mass is 16.6. The monoisotopic (exact) mass is 368 g/mol. The van der Waals surface area contributed by atoms with Crippen molar-refractivity contribution in [2.75, 3.05) is 6.61 Å². The Kier molecular flexibility index (Phi) is 5.16. The third kappa shape index (κ3) is 4.30. The SMILES string of the molecule is C[C@@H](NC(=O)COC(=O)c1ccc([N+](=O)[O-])cc1)c1cc2ccccc2o1. The standard InChI is InChI=1S/C19H16N2O6/c1-12(17-10-14-4-2-3-5-16(14)27-17)20-18(22)11-26-19(23)13-6-8-15(9-7-13)21(24)25/h2-10,12H,11H2,1H3,(H,20,22)/t12-/m1/s1. The summed E-state index contributed by atoms with van der Waals surface area (Å²) in [7, 11) is 0. The molecule has 2 aromatic carbocycles. The summed E-state index contributed by atoms with van der Waals surface area (Å²) in [6.07, 6.45) is 0. The first-order valence-corrected chi connectivity index (χ1v) is 8.13. The molecule has 0 saturated heterocycles. The molecule has 0 bridgehead atoms. The van der Waals surface area contributed by atoms with E-state index in [1.165, 1.54) is 24.3 Å². The highest BCUT2D eigenvalue weighted by molar-refractivity contribution is 5.91. The Morgan fingerprint density at radius 2 is 1.89 bits per heavy atom. The van der Waals surface area contributed by atoms with Crippen LogP contribution in [0.2, 0.25) is 0 Å². The van der Waals surface area contributed by atoms with Crippen molar-refractivity contribution in [1.82, 2.24) is 5.32 Å². The molecule has 0 aliphatic heterocycles. The zero-order valence-corrected chi connectivity index (χ0v) is 14.4. The van der Waals surface area contributed by atoms with Crippen LogP contribution in [0, 0.1) is 10.1 Å². The summed E-state index contributed by atoms with van der Waals surface area (Å²) in [5.41, 5.74) is 0.709. The van der Waals surface area contributed by atoms with Crippen molar-refractivity contribution in [3.05, 3.63) is 76.0 Å². The van der Waals surface area contributed by atoms with Crippen LogP contribution in [0.3, 0.4) is 0 Å². The normalized spacial score (nSPS) is 11.7. The Labute approximate surface area is 153 Å². The predicted molar refractivity (Wildman–Crippen MR) is 96.2 cm³/mol. The molecule has 1 atom stereocenters. The summed E-state index contributed by atoms with van der Waals surface area (Å²) >= 11 is 0. The molecule has 0 aliphatic rings. The number of nitro groups is 1. The largest absolute Gasteiger partial charge is 0.459 e. The molecule has 0 fully saturated rings. The maximum absolute atomic E-state index is 12.0. The number of benzene rings is 2. The Balaban J connectivity index is 1.54. The highest BCUT2D eigenvalue weighted by Gasteiger charge is 2.16. The number of carbonyl (C=O) groups is 2. The van der Waals surface area contributed by atoms with Crippen LogP contribution in [-0.4, -0.2) is 23.4 Å². The summed E-state index contributed by atoms with van der Waals surface area (Å²) in [4.78, 5) is 33.9. The van der Waals surface area contributed by atoms with Gasteiger partial charge in [-0.3, -0.25) is 14.9 Å². The molecular formula is C19H16N2O6. The second kappa shape index (κ2) is 7.69. The number of hydrogen-bond acceptors (Lipinski definition) is 6. The molecule has 8 nitrogen and oxygen atoms in total. The zero-order valence-electron chi connectivity index (χ0n) is 14.4. The third-order valence-corrected chi connectivity index (χ3v) is 3.90. The number of carbonyl (C=O) groups excluding carboxylic acids is 2. The van der Waals surface area contributed by atoms with Crippen molar-refractivity contribution in [1.29, 1.82) is 0 Å². The zero-order chi connectivity index (χ0) is 19.4. The van der Waals surface area contributed by atoms with Gasteiger partial charge >= 0.3 is 5.97 Å². The quantitative estimate of drug-likeness (QED) is 0.405. The number of nitro benzene ring substituents is 1. The number of nitrogens with one attached hydrogen (secondary N) is 1. The molecule has 8 heteroatoms. The maximum Gasteiger partial charge on any atom is 0.338 e. The Morgan fingerprint density at radius 1 is 1.19 bits per heavy atom. The van der Waals surface area contributed by atoms with E-state index >= 15 is 0 Å². The van der Waals surface area contributed by atoms with Gasteiger partial charge in [0, 0.05) is 17.5 Å². The average molecular weight is 368 g/mol. The highest BCUT2D eigenvalue weighted by Crippen LogP contribution is 2.23. The molecule has 0 radical (unpaired) electrons. The number of esters is 1. The molecule has 3 aromatic rings. The van der Waals surface area contributed by atoms with E-state index < -0.39 is 29.4 Å². The molecule has 138 valence electrons. The van der Waals surface area contributed by atoms with Gasteiger partial charge < -0.3 is 14.5 Å². The fraction of sp³-hybridized carbons (Fsp3) is 0.158. The van der Waals surface area contributed by atoms with Gasteiger partial charge in [0.2, 0.25) is 0 Å². The van der Waals surface area contributed by atoms with Crippen LogP contribution in [0.25, 0.3) is 11.0 Å². The molecule has 1 N–H and O–H groups in total. The Bertz CT molecular complexity index is 960. The van der Waals surface area contributed by atoms with Crippen LogP contribution in [0.1, 0.15) is 29.1 Å². The van der Waals surface area contributed by atoms with E-state index in [-0.39, 0.29) is 11.3 Å². The number of rotatable bonds is 6. The molecule has 3 rings (SSSR count). The number of hydrogen-bond donors (Lipinski definition) is 1. The van der Waals surface area contributed by atoms with Gasteiger partial charge in [-0.15, -0.1) is 0 Å². The minimum atomic E-state index is -0.739. The smallest absolute Gasteiger partial charge is 0.338 e. The number of ether oxygens (including phenoxy) is 1. The second-order valence-corrected chi connectivity index (χ2v) is 5.86. The van der Waals surface area contributed by atoms with E-state index in [4.69, 9.17) is 9.15 Å². The second-order valence-electron chi connectivity index (χ2n) is 5.86. The molecule has 27 heavy (non-hydrogen) atoms. The fourth-order valence-corrected chi connectivity index (χ4v) is 2.50. The van der Waals surface area contributed by atoms with Crippen LogP contribution >= 0.6 is 0 Å². The lowest BCUT2D eigenvalue weighted by atomic mass is 10.2. The van der Waals surface area contributed by atoms with Crippen molar-refractivity contribution in [2.24, 2.45) is 0 Å². The van der Waals surface area contributed by atoms with Gasteiger partial charge in [-0.05, 0) is 31.2 Å². The number of non-ortho nitro benzene ring substituents is 1. The van der Waals surface area contributed by atoms with E-state index in [0.717, 1.165) is 11.0 Å². The van der Waals surface area contributed by atoms with Crippen molar-refractivity contribution in [2.45, 2.75) is 13.0 Å². The van der Waals surface area contributed by atoms with Crippen LogP contribution in [-0.2, 0) is 9.53 Å². The van der Waals surface area contributed by atoms with E-state index in [1.807, 2.05) is 30.3 Å². The van der Waals surface area contributed by atoms with Gasteiger partial charge in [-0.2, -0.15) is 0 Å². The molecule has 0 unspecified atom stereocenters. The first-order valence-electron chi connectivity index (χ1n) is 8.13. The molecule has 0 saturated carbocycles. The lowest BCUT2D eigenvalue weighted by molar-refractivity contribution is -0.384. The number of amides is 1.